The molecule has 11 heavy (non-hydrogen) atoms. The molecular formula is C9H13NO. The van der Waals surface area contributed by atoms with Crippen LogP contribution in [0.25, 0.3) is 0 Å². The van der Waals surface area contributed by atoms with Crippen LogP contribution in [0, 0.1) is 0 Å². The van der Waals surface area contributed by atoms with Crippen molar-refractivity contribution in [2.45, 2.75) is 13.3 Å². The van der Waals surface area contributed by atoms with Crippen molar-refractivity contribution in [3.05, 3.63) is 35.8 Å². The average Bonchev–Trinajstić information content (AvgIpc) is 2.52. The fraction of sp³-hybridized carbons (Fsp3) is 0.333. The SMILES string of the molecule is C/C=C(\CN)Cc1ccoc1. The van der Waals surface area contributed by atoms with Crippen LogP contribution in [0.15, 0.2) is 34.7 Å². The zero-order valence-corrected chi connectivity index (χ0v) is 6.71. The minimum Gasteiger partial charge on any atom is -0.472 e. The number of hydrogen-bond donors (Lipinski definition) is 1. The Morgan fingerprint density at radius 1 is 1.73 bits per heavy atom. The summed E-state index contributed by atoms with van der Waals surface area (Å²) in [6.45, 7) is 2.63. The van der Waals surface area contributed by atoms with Gasteiger partial charge in [0.15, 0.2) is 0 Å². The lowest BCUT2D eigenvalue weighted by molar-refractivity contribution is 0.564. The van der Waals surface area contributed by atoms with Gasteiger partial charge in [-0.25, -0.2) is 0 Å². The molecule has 1 aromatic rings. The van der Waals surface area contributed by atoms with Crippen LogP contribution in [0.5, 0.6) is 0 Å². The maximum Gasteiger partial charge on any atom is 0.0937 e. The minimum atomic E-state index is 0.627. The smallest absolute Gasteiger partial charge is 0.0937 e. The van der Waals surface area contributed by atoms with Crippen LogP contribution in [0.4, 0.5) is 0 Å². The average molecular weight is 151 g/mol. The summed E-state index contributed by atoms with van der Waals surface area (Å²) in [6.07, 6.45) is 6.38. The second kappa shape index (κ2) is 3.98. The lowest BCUT2D eigenvalue weighted by Crippen LogP contribution is -2.04. The van der Waals surface area contributed by atoms with E-state index in [2.05, 4.69) is 0 Å². The van der Waals surface area contributed by atoms with Crippen LogP contribution in [0.3, 0.4) is 0 Å². The first kappa shape index (κ1) is 8.08. The summed E-state index contributed by atoms with van der Waals surface area (Å²) in [5.41, 5.74) is 7.93. The highest BCUT2D eigenvalue weighted by Gasteiger charge is 1.96. The zero-order chi connectivity index (χ0) is 8.10. The molecule has 0 aliphatic rings. The summed E-state index contributed by atoms with van der Waals surface area (Å²) in [4.78, 5) is 0. The maximum atomic E-state index is 5.50. The third-order valence-corrected chi connectivity index (χ3v) is 1.68. The van der Waals surface area contributed by atoms with Gasteiger partial charge in [0.1, 0.15) is 0 Å². The van der Waals surface area contributed by atoms with Gasteiger partial charge in [0.05, 0.1) is 12.5 Å². The van der Waals surface area contributed by atoms with Crippen molar-refractivity contribution in [2.24, 2.45) is 5.73 Å². The van der Waals surface area contributed by atoms with E-state index in [-0.39, 0.29) is 0 Å². The van der Waals surface area contributed by atoms with E-state index in [4.69, 9.17) is 10.2 Å². The van der Waals surface area contributed by atoms with Crippen LogP contribution in [-0.2, 0) is 6.42 Å². The van der Waals surface area contributed by atoms with Gasteiger partial charge in [0.25, 0.3) is 0 Å². The highest BCUT2D eigenvalue weighted by atomic mass is 16.3. The molecule has 0 atom stereocenters. The Hall–Kier alpha value is -1.02. The maximum absolute atomic E-state index is 5.50. The molecule has 2 N–H and O–H groups in total. The Kier molecular flexibility index (Phi) is 2.93. The normalized spacial score (nSPS) is 12.0. The van der Waals surface area contributed by atoms with Crippen LogP contribution in [-0.4, -0.2) is 6.54 Å². The van der Waals surface area contributed by atoms with Crippen molar-refractivity contribution < 1.29 is 4.42 Å². The molecule has 0 saturated heterocycles. The van der Waals surface area contributed by atoms with E-state index in [1.165, 1.54) is 11.1 Å². The summed E-state index contributed by atoms with van der Waals surface area (Å²) in [5, 5.41) is 0. The second-order valence-electron chi connectivity index (χ2n) is 2.46. The highest BCUT2D eigenvalue weighted by molar-refractivity contribution is 5.17. The first-order valence-electron chi connectivity index (χ1n) is 3.72. The standard InChI is InChI=1S/C9H13NO/c1-2-8(6-10)5-9-3-4-11-7-9/h2-4,7H,5-6,10H2,1H3/b8-2-. The molecule has 2 heteroatoms. The van der Waals surface area contributed by atoms with E-state index in [1.807, 2.05) is 19.1 Å². The minimum absolute atomic E-state index is 0.627. The van der Waals surface area contributed by atoms with Crippen LogP contribution in [0.1, 0.15) is 12.5 Å². The third kappa shape index (κ3) is 2.24. The molecule has 0 amide bonds. The summed E-state index contributed by atoms with van der Waals surface area (Å²) >= 11 is 0. The molecule has 0 fully saturated rings. The summed E-state index contributed by atoms with van der Waals surface area (Å²) in [5.74, 6) is 0. The van der Waals surface area contributed by atoms with Gasteiger partial charge in [-0.05, 0) is 25.0 Å². The predicted octanol–water partition coefficient (Wildman–Crippen LogP) is 1.73. The van der Waals surface area contributed by atoms with Gasteiger partial charge in [-0.1, -0.05) is 11.6 Å². The van der Waals surface area contributed by atoms with Crippen molar-refractivity contribution in [3.8, 4) is 0 Å². The van der Waals surface area contributed by atoms with Gasteiger partial charge in [-0.15, -0.1) is 0 Å². The summed E-state index contributed by atoms with van der Waals surface area (Å²) in [7, 11) is 0. The fourth-order valence-corrected chi connectivity index (χ4v) is 0.948. The molecule has 0 unspecified atom stereocenters. The largest absolute Gasteiger partial charge is 0.472 e. The topological polar surface area (TPSA) is 39.2 Å². The van der Waals surface area contributed by atoms with E-state index < -0.39 is 0 Å². The van der Waals surface area contributed by atoms with E-state index in [0.717, 1.165) is 6.42 Å². The quantitative estimate of drug-likeness (QED) is 0.668. The molecule has 60 valence electrons. The third-order valence-electron chi connectivity index (χ3n) is 1.68. The first-order valence-corrected chi connectivity index (χ1v) is 3.72. The van der Waals surface area contributed by atoms with E-state index in [1.54, 1.807) is 12.5 Å². The molecule has 1 heterocycles. The van der Waals surface area contributed by atoms with Crippen molar-refractivity contribution in [1.82, 2.24) is 0 Å². The first-order chi connectivity index (χ1) is 5.36. The monoisotopic (exact) mass is 151 g/mol. The van der Waals surface area contributed by atoms with Gasteiger partial charge in [0.2, 0.25) is 0 Å². The molecule has 1 aromatic heterocycles. The molecule has 1 rings (SSSR count). The second-order valence-corrected chi connectivity index (χ2v) is 2.46. The molecule has 0 spiro atoms. The van der Waals surface area contributed by atoms with Crippen LogP contribution >= 0.6 is 0 Å². The predicted molar refractivity (Wildman–Crippen MR) is 45.2 cm³/mol. The lowest BCUT2D eigenvalue weighted by atomic mass is 10.1. The van der Waals surface area contributed by atoms with Gasteiger partial charge >= 0.3 is 0 Å². The van der Waals surface area contributed by atoms with E-state index in [0.29, 0.717) is 6.54 Å². The van der Waals surface area contributed by atoms with Gasteiger partial charge < -0.3 is 10.2 Å². The Balaban J connectivity index is 2.55. The number of allylic oxidation sites excluding steroid dienone is 1. The van der Waals surface area contributed by atoms with E-state index >= 15 is 0 Å². The molecule has 0 saturated carbocycles. The van der Waals surface area contributed by atoms with Crippen molar-refractivity contribution in [1.29, 1.82) is 0 Å². The Morgan fingerprint density at radius 2 is 2.55 bits per heavy atom. The Labute approximate surface area is 66.7 Å². The van der Waals surface area contributed by atoms with Gasteiger partial charge in [-0.3, -0.25) is 0 Å². The molecule has 0 bridgehead atoms. The van der Waals surface area contributed by atoms with Crippen molar-refractivity contribution in [3.63, 3.8) is 0 Å². The Morgan fingerprint density at radius 3 is 3.00 bits per heavy atom. The summed E-state index contributed by atoms with van der Waals surface area (Å²) < 4.78 is 4.94. The van der Waals surface area contributed by atoms with Crippen LogP contribution < -0.4 is 5.73 Å². The molecule has 0 aliphatic carbocycles. The molecule has 2 nitrogen and oxygen atoms in total. The molecule has 0 aromatic carbocycles. The number of rotatable bonds is 3. The van der Waals surface area contributed by atoms with E-state index in [9.17, 15) is 0 Å². The number of nitrogens with two attached hydrogens (primary N) is 1. The van der Waals surface area contributed by atoms with Crippen LogP contribution in [0.2, 0.25) is 0 Å². The number of hydrogen-bond acceptors (Lipinski definition) is 2. The molecule has 0 aliphatic heterocycles. The van der Waals surface area contributed by atoms with Gasteiger partial charge in [0, 0.05) is 6.54 Å². The zero-order valence-electron chi connectivity index (χ0n) is 6.71. The highest BCUT2D eigenvalue weighted by Crippen LogP contribution is 2.06. The molecule has 0 radical (unpaired) electrons. The summed E-state index contributed by atoms with van der Waals surface area (Å²) in [6, 6.07) is 1.96. The fourth-order valence-electron chi connectivity index (χ4n) is 0.948. The van der Waals surface area contributed by atoms with Gasteiger partial charge in [-0.2, -0.15) is 0 Å². The van der Waals surface area contributed by atoms with Crippen molar-refractivity contribution in [2.75, 3.05) is 6.54 Å². The van der Waals surface area contributed by atoms with Crippen molar-refractivity contribution >= 4 is 0 Å². The number of furan rings is 1. The Bertz CT molecular complexity index is 224. The molecular weight excluding hydrogens is 138 g/mol. The lowest BCUT2D eigenvalue weighted by Gasteiger charge is -1.99.